The number of allylic oxidation sites excluding steroid dienone is 5. The lowest BCUT2D eigenvalue weighted by molar-refractivity contribution is -0.143. The first-order chi connectivity index (χ1) is 46.5. The Balaban J connectivity index is 3.37. The van der Waals surface area contributed by atoms with Crippen LogP contribution >= 0.6 is 0 Å². The Morgan fingerprint density at radius 2 is 0.532 bits per heavy atom. The lowest BCUT2D eigenvalue weighted by Gasteiger charge is -2.20. The quantitative estimate of drug-likeness (QED) is 0.0320. The highest BCUT2D eigenvalue weighted by Crippen LogP contribution is 2.20. The Morgan fingerprint density at radius 3 is 0.809 bits per heavy atom. The van der Waals surface area contributed by atoms with Crippen molar-refractivity contribution >= 4 is 11.9 Å². The van der Waals surface area contributed by atoms with Crippen LogP contribution in [0.5, 0.6) is 0 Å². The van der Waals surface area contributed by atoms with E-state index in [9.17, 15) is 19.8 Å². The van der Waals surface area contributed by atoms with Gasteiger partial charge in [-0.2, -0.15) is 0 Å². The Hall–Kier alpha value is -1.92. The van der Waals surface area contributed by atoms with E-state index in [4.69, 9.17) is 4.74 Å². The molecule has 3 N–H and O–H groups in total. The van der Waals surface area contributed by atoms with Crippen LogP contribution in [0.15, 0.2) is 36.5 Å². The minimum Gasteiger partial charge on any atom is -0.466 e. The summed E-state index contributed by atoms with van der Waals surface area (Å²) in [6, 6.07) is -0.627. The highest BCUT2D eigenvalue weighted by Gasteiger charge is 2.18. The Kier molecular flexibility index (Phi) is 81.8. The van der Waals surface area contributed by atoms with E-state index in [1.165, 1.54) is 417 Å². The number of esters is 1. The van der Waals surface area contributed by atoms with Gasteiger partial charge in [0, 0.05) is 12.8 Å². The summed E-state index contributed by atoms with van der Waals surface area (Å²) in [4.78, 5) is 24.7. The number of carbonyl (C=O) groups excluding carboxylic acids is 2. The number of amides is 1. The van der Waals surface area contributed by atoms with Crippen LogP contribution in [0.3, 0.4) is 0 Å². The summed E-state index contributed by atoms with van der Waals surface area (Å²) in [5, 5.41) is 23.3. The highest BCUT2D eigenvalue weighted by molar-refractivity contribution is 5.76. The van der Waals surface area contributed by atoms with Gasteiger partial charge in [-0.1, -0.05) is 448 Å². The summed E-state index contributed by atoms with van der Waals surface area (Å²) >= 11 is 0. The van der Waals surface area contributed by atoms with Crippen molar-refractivity contribution in [2.24, 2.45) is 0 Å². The second kappa shape index (κ2) is 83.5. The maximum absolute atomic E-state index is 12.6. The number of ether oxygens (including phenoxy) is 1. The van der Waals surface area contributed by atoms with Crippen molar-refractivity contribution in [3.63, 3.8) is 0 Å². The summed E-state index contributed by atoms with van der Waals surface area (Å²) in [7, 11) is 0. The van der Waals surface area contributed by atoms with Gasteiger partial charge in [-0.25, -0.2) is 0 Å². The van der Waals surface area contributed by atoms with Gasteiger partial charge in [0.05, 0.1) is 25.4 Å². The van der Waals surface area contributed by atoms with Crippen molar-refractivity contribution in [3.05, 3.63) is 36.5 Å². The molecule has 0 fully saturated rings. The standard InChI is InChI=1S/C88H169NO5/c1-3-5-7-9-11-13-15-17-19-21-23-24-42-45-48-52-56-60-64-68-72-76-80-86(91)85(84-90)89-87(92)81-77-73-69-65-61-57-53-49-46-43-40-38-36-34-32-30-28-26-25-27-29-31-33-35-37-39-41-44-47-51-55-59-63-67-71-75-79-83-94-88(93)82-78-74-70-66-62-58-54-50-22-20-18-16-14-12-10-8-6-4-2/h25,27,31,33,76,80,85-86,90-91H,3-24,26,28-30,32,34-75,77-79,81-84H2,1-2H3,(H,89,92)/b27-25-,33-31-,80-76+. The topological polar surface area (TPSA) is 95.9 Å². The van der Waals surface area contributed by atoms with Crippen molar-refractivity contribution < 1.29 is 24.5 Å². The first kappa shape index (κ1) is 92.1. The van der Waals surface area contributed by atoms with Crippen LogP contribution in [0.2, 0.25) is 0 Å². The molecule has 0 aromatic heterocycles. The normalized spacial score (nSPS) is 12.6. The number of hydrogen-bond donors (Lipinski definition) is 3. The fraction of sp³-hybridized carbons (Fsp3) is 0.909. The lowest BCUT2D eigenvalue weighted by atomic mass is 10.0. The second-order valence-electron chi connectivity index (χ2n) is 29.9. The van der Waals surface area contributed by atoms with E-state index in [-0.39, 0.29) is 18.5 Å². The third kappa shape index (κ3) is 79.1. The maximum atomic E-state index is 12.6. The van der Waals surface area contributed by atoms with Crippen molar-refractivity contribution in [3.8, 4) is 0 Å². The number of rotatable bonds is 82. The minimum absolute atomic E-state index is 0.0240. The molecule has 6 heteroatoms. The fourth-order valence-electron chi connectivity index (χ4n) is 13.8. The molecule has 0 radical (unpaired) electrons. The number of carbonyl (C=O) groups is 2. The summed E-state index contributed by atoms with van der Waals surface area (Å²) in [5.74, 6) is -0.0362. The van der Waals surface area contributed by atoms with Gasteiger partial charge < -0.3 is 20.3 Å². The third-order valence-corrected chi connectivity index (χ3v) is 20.4. The molecule has 0 saturated carbocycles. The van der Waals surface area contributed by atoms with Crippen LogP contribution in [0.4, 0.5) is 0 Å². The van der Waals surface area contributed by atoms with Crippen molar-refractivity contribution in [2.45, 2.75) is 501 Å². The van der Waals surface area contributed by atoms with Crippen LogP contribution in [0.1, 0.15) is 489 Å². The molecule has 2 unspecified atom stereocenters. The van der Waals surface area contributed by atoms with Gasteiger partial charge in [-0.05, 0) is 64.2 Å². The molecule has 6 nitrogen and oxygen atoms in total. The number of aliphatic hydroxyl groups excluding tert-OH is 2. The molecule has 1 amide bonds. The molecular formula is C88H169NO5. The minimum atomic E-state index is -0.844. The molecule has 0 rings (SSSR count). The predicted molar refractivity (Wildman–Crippen MR) is 416 cm³/mol. The van der Waals surface area contributed by atoms with Crippen molar-refractivity contribution in [2.75, 3.05) is 13.2 Å². The predicted octanol–water partition coefficient (Wildman–Crippen LogP) is 28.9. The number of aliphatic hydroxyl groups is 2. The van der Waals surface area contributed by atoms with E-state index >= 15 is 0 Å². The molecule has 556 valence electrons. The van der Waals surface area contributed by atoms with Crippen molar-refractivity contribution in [1.29, 1.82) is 0 Å². The van der Waals surface area contributed by atoms with E-state index in [2.05, 4.69) is 43.5 Å². The van der Waals surface area contributed by atoms with E-state index in [0.29, 0.717) is 19.4 Å². The molecule has 0 aliphatic carbocycles. The monoisotopic (exact) mass is 1320 g/mol. The molecular weight excluding hydrogens is 1150 g/mol. The molecule has 94 heavy (non-hydrogen) atoms. The largest absolute Gasteiger partial charge is 0.466 e. The first-order valence-corrected chi connectivity index (χ1v) is 43.3. The van der Waals surface area contributed by atoms with Crippen LogP contribution in [-0.4, -0.2) is 47.4 Å². The highest BCUT2D eigenvalue weighted by atomic mass is 16.5. The number of hydrogen-bond acceptors (Lipinski definition) is 5. The maximum Gasteiger partial charge on any atom is 0.305 e. The average Bonchev–Trinajstić information content (AvgIpc) is 3.78. The van der Waals surface area contributed by atoms with E-state index < -0.39 is 12.1 Å². The first-order valence-electron chi connectivity index (χ1n) is 43.3. The Labute approximate surface area is 589 Å². The van der Waals surface area contributed by atoms with Gasteiger partial charge in [-0.3, -0.25) is 9.59 Å². The summed E-state index contributed by atoms with van der Waals surface area (Å²) in [6.45, 7) is 4.97. The molecule has 0 heterocycles. The van der Waals surface area contributed by atoms with E-state index in [1.807, 2.05) is 6.08 Å². The Morgan fingerprint density at radius 1 is 0.298 bits per heavy atom. The van der Waals surface area contributed by atoms with Gasteiger partial charge in [0.15, 0.2) is 0 Å². The molecule has 0 spiro atoms. The number of unbranched alkanes of at least 4 members (excludes halogenated alkanes) is 67. The molecule has 0 aromatic rings. The molecule has 0 aliphatic rings. The molecule has 0 bridgehead atoms. The second-order valence-corrected chi connectivity index (χ2v) is 29.9. The molecule has 0 saturated heterocycles. The third-order valence-electron chi connectivity index (χ3n) is 20.4. The van der Waals surface area contributed by atoms with Crippen LogP contribution in [-0.2, 0) is 14.3 Å². The SMILES string of the molecule is CCCCCCCCCCCCCCCCCCCCCC/C=C/C(O)C(CO)NC(=O)CCCCCCCCCCCCCCCCCCC/C=C\C/C=C\CCCCCCCCCCCCCCCOC(=O)CCCCCCCCCCCCCCCCCCCC. The fourth-order valence-corrected chi connectivity index (χ4v) is 13.8. The molecule has 0 aromatic carbocycles. The van der Waals surface area contributed by atoms with Crippen LogP contribution < -0.4 is 5.32 Å². The van der Waals surface area contributed by atoms with Gasteiger partial charge in [0.2, 0.25) is 5.91 Å². The van der Waals surface area contributed by atoms with Crippen LogP contribution in [0.25, 0.3) is 0 Å². The zero-order valence-electron chi connectivity index (χ0n) is 64.0. The van der Waals surface area contributed by atoms with Crippen molar-refractivity contribution in [1.82, 2.24) is 5.32 Å². The van der Waals surface area contributed by atoms with Crippen LogP contribution in [0, 0.1) is 0 Å². The number of nitrogens with one attached hydrogen (secondary N) is 1. The van der Waals surface area contributed by atoms with Gasteiger partial charge in [0.25, 0.3) is 0 Å². The zero-order chi connectivity index (χ0) is 67.7. The van der Waals surface area contributed by atoms with Gasteiger partial charge in [0.1, 0.15) is 0 Å². The Bertz CT molecular complexity index is 1520. The van der Waals surface area contributed by atoms with E-state index in [1.54, 1.807) is 6.08 Å². The summed E-state index contributed by atoms with van der Waals surface area (Å²) < 4.78 is 5.52. The summed E-state index contributed by atoms with van der Waals surface area (Å²) in [5.41, 5.74) is 0. The molecule has 0 aliphatic heterocycles. The smallest absolute Gasteiger partial charge is 0.305 e. The van der Waals surface area contributed by atoms with E-state index in [0.717, 1.165) is 44.9 Å². The lowest BCUT2D eigenvalue weighted by Crippen LogP contribution is -2.45. The average molecular weight is 1320 g/mol. The molecule has 2 atom stereocenters. The van der Waals surface area contributed by atoms with Gasteiger partial charge >= 0.3 is 5.97 Å². The zero-order valence-corrected chi connectivity index (χ0v) is 64.0. The van der Waals surface area contributed by atoms with Gasteiger partial charge in [-0.15, -0.1) is 0 Å². The summed E-state index contributed by atoms with van der Waals surface area (Å²) in [6.07, 6.45) is 110.